The predicted octanol–water partition coefficient (Wildman–Crippen LogP) is 6.40. The normalized spacial score (nSPS) is 40.3. The molecule has 1 unspecified atom stereocenters. The van der Waals surface area contributed by atoms with E-state index in [2.05, 4.69) is 32.6 Å². The number of alkyl halides is 1. The van der Waals surface area contributed by atoms with Gasteiger partial charge in [0.1, 0.15) is 11.9 Å². The quantitative estimate of drug-likeness (QED) is 0.259. The van der Waals surface area contributed by atoms with Crippen molar-refractivity contribution in [2.75, 3.05) is 0 Å². The van der Waals surface area contributed by atoms with Crippen molar-refractivity contribution in [2.45, 2.75) is 77.9 Å². The van der Waals surface area contributed by atoms with Gasteiger partial charge in [-0.15, -0.1) is 0 Å². The number of fused-ring (bicyclic) bond motifs is 5. The SMILES string of the molecule is CC(=O)OC1C[C@]2(C)C(C(=CCl)O[Si](C)(C)C)=CC[C@H]2[C@@H]2CCC3=CC(=O)C=C[C@]3(C)[C@@]12F. The van der Waals surface area contributed by atoms with Crippen molar-refractivity contribution in [3.05, 3.63) is 46.7 Å². The third-order valence-electron chi connectivity index (χ3n) is 8.29. The molecule has 6 atom stereocenters. The summed E-state index contributed by atoms with van der Waals surface area (Å²) < 4.78 is 29.7. The van der Waals surface area contributed by atoms with Gasteiger partial charge in [0, 0.05) is 29.2 Å². The maximum absolute atomic E-state index is 17.6. The second-order valence-electron chi connectivity index (χ2n) is 11.4. The van der Waals surface area contributed by atoms with Crippen molar-refractivity contribution in [1.82, 2.24) is 0 Å². The lowest BCUT2D eigenvalue weighted by atomic mass is 9.45. The summed E-state index contributed by atoms with van der Waals surface area (Å²) in [5, 5.41) is 0. The fourth-order valence-corrected chi connectivity index (χ4v) is 7.99. The van der Waals surface area contributed by atoms with Crippen LogP contribution in [0.4, 0.5) is 4.39 Å². The van der Waals surface area contributed by atoms with Crippen LogP contribution in [0.2, 0.25) is 19.6 Å². The Morgan fingerprint density at radius 2 is 1.97 bits per heavy atom. The number of ether oxygens (including phenoxy) is 1. The van der Waals surface area contributed by atoms with Crippen molar-refractivity contribution in [3.63, 3.8) is 0 Å². The minimum absolute atomic E-state index is 0.0190. The number of esters is 1. The summed E-state index contributed by atoms with van der Waals surface area (Å²) in [6.07, 6.45) is 8.25. The molecule has 0 bridgehead atoms. The molecule has 0 saturated heterocycles. The Morgan fingerprint density at radius 1 is 1.27 bits per heavy atom. The van der Waals surface area contributed by atoms with Crippen molar-refractivity contribution in [1.29, 1.82) is 0 Å². The molecule has 0 aliphatic heterocycles. The number of rotatable bonds is 4. The van der Waals surface area contributed by atoms with Gasteiger partial charge >= 0.3 is 5.97 Å². The number of ketones is 1. The highest BCUT2D eigenvalue weighted by Crippen LogP contribution is 2.69. The molecule has 4 aliphatic carbocycles. The fourth-order valence-electron chi connectivity index (χ4n) is 6.92. The van der Waals surface area contributed by atoms with E-state index in [1.807, 2.05) is 6.92 Å². The van der Waals surface area contributed by atoms with Crippen molar-refractivity contribution in [3.8, 4) is 0 Å². The van der Waals surface area contributed by atoms with E-state index in [0.717, 1.165) is 17.6 Å². The lowest BCUT2D eigenvalue weighted by Gasteiger charge is -2.62. The van der Waals surface area contributed by atoms with E-state index >= 15 is 4.39 Å². The van der Waals surface area contributed by atoms with Crippen molar-refractivity contribution >= 4 is 31.7 Å². The summed E-state index contributed by atoms with van der Waals surface area (Å²) in [4.78, 5) is 24.2. The molecule has 4 nitrogen and oxygen atoms in total. The highest BCUT2D eigenvalue weighted by molar-refractivity contribution is 6.70. The fraction of sp³-hybridized carbons (Fsp3) is 0.615. The molecule has 4 rings (SSSR count). The molecule has 0 aromatic heterocycles. The van der Waals surface area contributed by atoms with Crippen LogP contribution in [0.15, 0.2) is 46.7 Å². The van der Waals surface area contributed by atoms with Gasteiger partial charge in [-0.3, -0.25) is 9.59 Å². The maximum Gasteiger partial charge on any atom is 0.303 e. The average molecular weight is 493 g/mol. The van der Waals surface area contributed by atoms with E-state index in [-0.39, 0.29) is 17.6 Å². The largest absolute Gasteiger partial charge is 0.544 e. The summed E-state index contributed by atoms with van der Waals surface area (Å²) in [6.45, 7) is 11.6. The molecule has 0 N–H and O–H groups in total. The highest BCUT2D eigenvalue weighted by atomic mass is 35.5. The van der Waals surface area contributed by atoms with Gasteiger partial charge < -0.3 is 9.16 Å². The molecule has 0 spiro atoms. The smallest absolute Gasteiger partial charge is 0.303 e. The van der Waals surface area contributed by atoms with Gasteiger partial charge in [-0.1, -0.05) is 36.2 Å². The molecule has 0 amide bonds. The standard InChI is InChI=1S/C26H34ClFO4Si/c1-16(29)31-23-14-24(2)19(9-10-21(24)22(15-27)32-33(4,5)6)20-8-7-17-13-18(30)11-12-25(17,3)26(20,23)28/h10-13,15,19-20,23H,7-9,14H2,1-6H3/t19-,20-,23?,24-,25-,26-/m0/s1. The maximum atomic E-state index is 17.6. The number of allylic oxidation sites excluding steroid dienone is 6. The number of hydrogen-bond donors (Lipinski definition) is 0. The monoisotopic (exact) mass is 492 g/mol. The summed E-state index contributed by atoms with van der Waals surface area (Å²) in [6, 6.07) is 0. The van der Waals surface area contributed by atoms with E-state index in [9.17, 15) is 9.59 Å². The van der Waals surface area contributed by atoms with Gasteiger partial charge in [-0.05, 0) is 75.9 Å². The minimum atomic E-state index is -1.93. The zero-order valence-corrected chi connectivity index (χ0v) is 22.1. The number of carbonyl (C=O) groups is 2. The Kier molecular flexibility index (Phi) is 5.89. The first kappa shape index (κ1) is 24.5. The molecule has 0 aromatic carbocycles. The third kappa shape index (κ3) is 3.68. The first-order valence-electron chi connectivity index (χ1n) is 11.8. The molecular formula is C26H34ClFO4Si. The second kappa shape index (κ2) is 7.94. The van der Waals surface area contributed by atoms with Crippen molar-refractivity contribution in [2.24, 2.45) is 22.7 Å². The number of hydrogen-bond acceptors (Lipinski definition) is 4. The van der Waals surface area contributed by atoms with E-state index in [1.165, 1.54) is 18.5 Å². The Labute approximate surface area is 202 Å². The van der Waals surface area contributed by atoms with Gasteiger partial charge in [-0.2, -0.15) is 0 Å². The molecule has 4 aliphatic rings. The molecule has 180 valence electrons. The van der Waals surface area contributed by atoms with Crippen molar-refractivity contribution < 1.29 is 23.1 Å². The number of halogens is 2. The first-order chi connectivity index (χ1) is 15.3. The summed E-state index contributed by atoms with van der Waals surface area (Å²) >= 11 is 6.25. The van der Waals surface area contributed by atoms with Gasteiger partial charge in [0.05, 0.1) is 0 Å². The predicted molar refractivity (Wildman–Crippen MR) is 130 cm³/mol. The molecule has 0 aromatic rings. The summed E-state index contributed by atoms with van der Waals surface area (Å²) in [7, 11) is -1.93. The third-order valence-corrected chi connectivity index (χ3v) is 9.32. The molecule has 2 fully saturated rings. The second-order valence-corrected chi connectivity index (χ2v) is 16.0. The van der Waals surface area contributed by atoms with Crippen LogP contribution >= 0.6 is 11.6 Å². The van der Waals surface area contributed by atoms with E-state index < -0.39 is 36.9 Å². The zero-order valence-electron chi connectivity index (χ0n) is 20.3. The molecule has 0 radical (unpaired) electrons. The van der Waals surface area contributed by atoms with Crippen LogP contribution in [-0.4, -0.2) is 31.8 Å². The van der Waals surface area contributed by atoms with Crippen LogP contribution in [0.5, 0.6) is 0 Å². The Hall–Kier alpha value is -1.66. The van der Waals surface area contributed by atoms with Crippen LogP contribution in [0, 0.1) is 22.7 Å². The van der Waals surface area contributed by atoms with Gasteiger partial charge in [0.15, 0.2) is 11.5 Å². The van der Waals surface area contributed by atoms with Crippen LogP contribution in [-0.2, 0) is 18.8 Å². The lowest BCUT2D eigenvalue weighted by molar-refractivity contribution is -0.206. The first-order valence-corrected chi connectivity index (χ1v) is 15.6. The van der Waals surface area contributed by atoms with Crippen LogP contribution in [0.25, 0.3) is 0 Å². The van der Waals surface area contributed by atoms with Crippen LogP contribution in [0.1, 0.15) is 46.5 Å². The number of carbonyl (C=O) groups excluding carboxylic acids is 2. The minimum Gasteiger partial charge on any atom is -0.544 e. The zero-order chi connectivity index (χ0) is 24.4. The van der Waals surface area contributed by atoms with E-state index in [0.29, 0.717) is 25.0 Å². The Balaban J connectivity index is 1.80. The highest BCUT2D eigenvalue weighted by Gasteiger charge is 2.71. The van der Waals surface area contributed by atoms with Gasteiger partial charge in [0.25, 0.3) is 0 Å². The van der Waals surface area contributed by atoms with E-state index in [1.54, 1.807) is 12.2 Å². The summed E-state index contributed by atoms with van der Waals surface area (Å²) in [5.74, 6) is -0.273. The van der Waals surface area contributed by atoms with E-state index in [4.69, 9.17) is 20.8 Å². The molecular weight excluding hydrogens is 459 g/mol. The molecule has 7 heteroatoms. The summed E-state index contributed by atoms with van der Waals surface area (Å²) in [5.41, 5.74) is 0.0429. The molecule has 33 heavy (non-hydrogen) atoms. The molecule has 0 heterocycles. The Morgan fingerprint density at radius 3 is 2.58 bits per heavy atom. The average Bonchev–Trinajstić information content (AvgIpc) is 3.03. The van der Waals surface area contributed by atoms with Gasteiger partial charge in [0.2, 0.25) is 8.32 Å². The Bertz CT molecular complexity index is 1010. The van der Waals surface area contributed by atoms with Crippen LogP contribution in [0.3, 0.4) is 0 Å². The van der Waals surface area contributed by atoms with Crippen LogP contribution < -0.4 is 0 Å². The topological polar surface area (TPSA) is 52.6 Å². The van der Waals surface area contributed by atoms with Gasteiger partial charge in [-0.25, -0.2) is 4.39 Å². The molecule has 2 saturated carbocycles. The lowest BCUT2D eigenvalue weighted by Crippen LogP contribution is -2.67.